The number of sulfonamides is 1. The highest BCUT2D eigenvalue weighted by Crippen LogP contribution is 2.32. The number of nitrogens with one attached hydrogen (secondary N) is 1. The van der Waals surface area contributed by atoms with Crippen molar-refractivity contribution >= 4 is 27.7 Å². The Morgan fingerprint density at radius 3 is 2.22 bits per heavy atom. The van der Waals surface area contributed by atoms with Crippen LogP contribution in [-0.4, -0.2) is 73.0 Å². The SMILES string of the molecule is CC(C)(C)OC(=O)N(CCOc1ccc(-c2ccc(C(=O)NS(C)(=O)=O)c(OC3CCCCC3)c2)cc1)C[C@H](O)c1ccc([N+](=O)[O-])cc1. The van der Waals surface area contributed by atoms with E-state index in [4.69, 9.17) is 14.2 Å². The molecule has 14 heteroatoms. The molecule has 0 spiro atoms. The van der Waals surface area contributed by atoms with Gasteiger partial charge in [0.2, 0.25) is 10.0 Å². The molecule has 1 atom stereocenters. The Balaban J connectivity index is 1.44. The second-order valence-corrected chi connectivity index (χ2v) is 14.7. The summed E-state index contributed by atoms with van der Waals surface area (Å²) in [6.07, 6.45) is 3.95. The van der Waals surface area contributed by atoms with E-state index in [1.165, 1.54) is 29.2 Å². The number of carbonyl (C=O) groups is 2. The van der Waals surface area contributed by atoms with Crippen LogP contribution in [0.5, 0.6) is 11.5 Å². The van der Waals surface area contributed by atoms with Crippen molar-refractivity contribution in [1.29, 1.82) is 0 Å². The molecule has 0 saturated heterocycles. The minimum atomic E-state index is -3.77. The molecule has 2 amide bonds. The second-order valence-electron chi connectivity index (χ2n) is 13.0. The molecule has 3 aromatic carbocycles. The standard InChI is InChI=1S/C35H43N3O10S/c1-35(2,3)48-34(41)37(23-31(39)25-10-15-27(16-11-25)38(42)43)20-21-46-28-17-12-24(13-18-28)26-14-19-30(33(40)36-49(4,44)45)32(22-26)47-29-8-6-5-7-9-29/h10-19,22,29,31,39H,5-9,20-21,23H2,1-4H3,(H,36,40)/t31-/m0/s1. The van der Waals surface area contributed by atoms with Gasteiger partial charge in [-0.25, -0.2) is 17.9 Å². The summed E-state index contributed by atoms with van der Waals surface area (Å²) in [7, 11) is -3.77. The monoisotopic (exact) mass is 697 g/mol. The van der Waals surface area contributed by atoms with Crippen LogP contribution in [0.2, 0.25) is 0 Å². The van der Waals surface area contributed by atoms with Crippen LogP contribution in [0.4, 0.5) is 10.5 Å². The number of hydrogen-bond acceptors (Lipinski definition) is 10. The van der Waals surface area contributed by atoms with Crippen molar-refractivity contribution < 1.29 is 42.2 Å². The fourth-order valence-corrected chi connectivity index (χ4v) is 5.75. The lowest BCUT2D eigenvalue weighted by Gasteiger charge is -2.29. The van der Waals surface area contributed by atoms with Gasteiger partial charge < -0.3 is 24.2 Å². The van der Waals surface area contributed by atoms with Gasteiger partial charge in [0.05, 0.1) is 42.0 Å². The molecule has 1 aliphatic carbocycles. The van der Waals surface area contributed by atoms with Crippen LogP contribution >= 0.6 is 0 Å². The average molecular weight is 698 g/mol. The summed E-state index contributed by atoms with van der Waals surface area (Å²) >= 11 is 0. The maximum Gasteiger partial charge on any atom is 0.410 e. The number of carbonyl (C=O) groups excluding carboxylic acids is 2. The molecule has 4 rings (SSSR count). The Bertz CT molecular complexity index is 1720. The minimum Gasteiger partial charge on any atom is -0.492 e. The van der Waals surface area contributed by atoms with E-state index in [0.29, 0.717) is 17.1 Å². The molecular weight excluding hydrogens is 654 g/mol. The third-order valence-corrected chi connectivity index (χ3v) is 8.26. The number of ether oxygens (including phenoxy) is 3. The first kappa shape index (κ1) is 37.1. The van der Waals surface area contributed by atoms with Gasteiger partial charge in [-0.1, -0.05) is 24.6 Å². The fourth-order valence-electron chi connectivity index (χ4n) is 5.31. The van der Waals surface area contributed by atoms with E-state index in [-0.39, 0.29) is 37.1 Å². The van der Waals surface area contributed by atoms with Crippen LogP contribution in [0.15, 0.2) is 66.7 Å². The quantitative estimate of drug-likeness (QED) is 0.159. The van der Waals surface area contributed by atoms with E-state index in [9.17, 15) is 33.2 Å². The van der Waals surface area contributed by atoms with Crippen LogP contribution in [0.25, 0.3) is 11.1 Å². The Morgan fingerprint density at radius 1 is 1.00 bits per heavy atom. The lowest BCUT2D eigenvalue weighted by Crippen LogP contribution is -2.41. The normalized spacial score (nSPS) is 14.4. The zero-order chi connectivity index (χ0) is 35.8. The zero-order valence-corrected chi connectivity index (χ0v) is 28.9. The number of nitro groups is 1. The Kier molecular flexibility index (Phi) is 12.2. The Morgan fingerprint density at radius 2 is 1.63 bits per heavy atom. The first-order chi connectivity index (χ1) is 23.1. The van der Waals surface area contributed by atoms with Crippen LogP contribution in [0, 0.1) is 10.1 Å². The number of amides is 2. The van der Waals surface area contributed by atoms with Crippen LogP contribution < -0.4 is 14.2 Å². The third kappa shape index (κ3) is 11.5. The molecule has 0 aromatic heterocycles. The molecule has 49 heavy (non-hydrogen) atoms. The number of hydrogen-bond donors (Lipinski definition) is 2. The molecule has 0 radical (unpaired) electrons. The van der Waals surface area contributed by atoms with E-state index in [0.717, 1.165) is 49.5 Å². The lowest BCUT2D eigenvalue weighted by molar-refractivity contribution is -0.384. The lowest BCUT2D eigenvalue weighted by atomic mass is 9.97. The predicted octanol–water partition coefficient (Wildman–Crippen LogP) is 6.01. The topological polar surface area (TPSA) is 175 Å². The minimum absolute atomic E-state index is 0.0694. The number of aliphatic hydroxyl groups excluding tert-OH is 1. The summed E-state index contributed by atoms with van der Waals surface area (Å²) in [5.74, 6) is 0.0694. The Hall–Kier alpha value is -4.69. The molecule has 2 N–H and O–H groups in total. The number of rotatable bonds is 13. The summed E-state index contributed by atoms with van der Waals surface area (Å²) < 4.78 is 43.2. The van der Waals surface area contributed by atoms with Gasteiger partial charge in [0, 0.05) is 12.1 Å². The van der Waals surface area contributed by atoms with Gasteiger partial charge in [0.15, 0.2) is 0 Å². The number of non-ortho nitro benzene ring substituents is 1. The third-order valence-electron chi connectivity index (χ3n) is 7.70. The highest BCUT2D eigenvalue weighted by Gasteiger charge is 2.25. The van der Waals surface area contributed by atoms with Gasteiger partial charge in [-0.05, 0) is 99.5 Å². The molecule has 1 fully saturated rings. The van der Waals surface area contributed by atoms with Crippen molar-refractivity contribution in [3.8, 4) is 22.6 Å². The van der Waals surface area contributed by atoms with E-state index >= 15 is 0 Å². The molecule has 13 nitrogen and oxygen atoms in total. The van der Waals surface area contributed by atoms with Gasteiger partial charge in [0.1, 0.15) is 23.7 Å². The highest BCUT2D eigenvalue weighted by molar-refractivity contribution is 7.89. The fraction of sp³-hybridized carbons (Fsp3) is 0.429. The van der Waals surface area contributed by atoms with Crippen molar-refractivity contribution in [2.75, 3.05) is 26.0 Å². The summed E-state index contributed by atoms with van der Waals surface area (Å²) in [6, 6.07) is 17.6. The Labute approximate surface area is 286 Å². The van der Waals surface area contributed by atoms with Crippen molar-refractivity contribution in [3.05, 3.63) is 88.0 Å². The number of aliphatic hydroxyl groups is 1. The van der Waals surface area contributed by atoms with Gasteiger partial charge in [0.25, 0.3) is 11.6 Å². The first-order valence-electron chi connectivity index (χ1n) is 16.0. The highest BCUT2D eigenvalue weighted by atomic mass is 32.2. The summed E-state index contributed by atoms with van der Waals surface area (Å²) in [6.45, 7) is 5.23. The van der Waals surface area contributed by atoms with Gasteiger partial charge in [-0.15, -0.1) is 0 Å². The molecule has 3 aromatic rings. The second kappa shape index (κ2) is 16.1. The summed E-state index contributed by atoms with van der Waals surface area (Å²) in [5.41, 5.74) is 1.21. The van der Waals surface area contributed by atoms with Crippen molar-refractivity contribution in [2.24, 2.45) is 0 Å². The van der Waals surface area contributed by atoms with Gasteiger partial charge in [-0.3, -0.25) is 14.9 Å². The van der Waals surface area contributed by atoms with Crippen molar-refractivity contribution in [2.45, 2.75) is 70.7 Å². The summed E-state index contributed by atoms with van der Waals surface area (Å²) in [4.78, 5) is 37.5. The number of nitrogens with zero attached hydrogens (tertiary/aromatic N) is 2. The molecular formula is C35H43N3O10S. The molecule has 0 aliphatic heterocycles. The van der Waals surface area contributed by atoms with Crippen LogP contribution in [0.3, 0.4) is 0 Å². The first-order valence-corrected chi connectivity index (χ1v) is 17.9. The van der Waals surface area contributed by atoms with Gasteiger partial charge in [-0.2, -0.15) is 0 Å². The molecule has 0 heterocycles. The average Bonchev–Trinajstić information content (AvgIpc) is 3.03. The van der Waals surface area contributed by atoms with Crippen molar-refractivity contribution in [1.82, 2.24) is 9.62 Å². The molecule has 264 valence electrons. The number of nitro benzene ring substituents is 1. The van der Waals surface area contributed by atoms with E-state index in [1.54, 1.807) is 51.1 Å². The predicted molar refractivity (Wildman–Crippen MR) is 183 cm³/mol. The zero-order valence-electron chi connectivity index (χ0n) is 28.1. The molecule has 1 saturated carbocycles. The van der Waals surface area contributed by atoms with Crippen LogP contribution in [-0.2, 0) is 14.8 Å². The van der Waals surface area contributed by atoms with E-state index in [1.807, 2.05) is 16.9 Å². The smallest absolute Gasteiger partial charge is 0.410 e. The van der Waals surface area contributed by atoms with Crippen LogP contribution in [0.1, 0.15) is 74.9 Å². The molecule has 1 aliphatic rings. The molecule has 0 unspecified atom stereocenters. The summed E-state index contributed by atoms with van der Waals surface area (Å²) in [5, 5.41) is 21.8. The number of benzene rings is 3. The van der Waals surface area contributed by atoms with Crippen molar-refractivity contribution in [3.63, 3.8) is 0 Å². The van der Waals surface area contributed by atoms with Gasteiger partial charge >= 0.3 is 6.09 Å². The van der Waals surface area contributed by atoms with E-state index in [2.05, 4.69) is 0 Å². The molecule has 0 bridgehead atoms. The largest absolute Gasteiger partial charge is 0.492 e. The maximum absolute atomic E-state index is 13.0. The maximum atomic E-state index is 13.0. The van der Waals surface area contributed by atoms with E-state index < -0.39 is 38.7 Å².